The molecule has 3 rings (SSSR count). The Kier molecular flexibility index (Phi) is 5.51. The number of nitro benzene ring substituents is 1. The number of rotatable bonds is 6. The molecule has 0 radical (unpaired) electrons. The SMILES string of the molecule is Cc1cc(COC(=O)c2ccccc2C(=O)c2ccc(Cl)c([N+](=O)[O-])c2)no1. The molecular formula is C19H13ClN2O6. The molecule has 1 aromatic heterocycles. The van der Waals surface area contributed by atoms with Crippen molar-refractivity contribution in [3.05, 3.63) is 91.8 Å². The van der Waals surface area contributed by atoms with Crippen LogP contribution in [0.3, 0.4) is 0 Å². The summed E-state index contributed by atoms with van der Waals surface area (Å²) < 4.78 is 10.1. The highest BCUT2D eigenvalue weighted by molar-refractivity contribution is 6.33. The second-order valence-corrected chi connectivity index (χ2v) is 6.21. The summed E-state index contributed by atoms with van der Waals surface area (Å²) in [6.07, 6.45) is 0. The van der Waals surface area contributed by atoms with Crippen LogP contribution in [0.25, 0.3) is 0 Å². The molecule has 0 atom stereocenters. The maximum absolute atomic E-state index is 12.8. The molecular weight excluding hydrogens is 388 g/mol. The molecule has 1 heterocycles. The Balaban J connectivity index is 1.87. The molecule has 0 N–H and O–H groups in total. The zero-order valence-electron chi connectivity index (χ0n) is 14.5. The standard InChI is InChI=1S/C19H13ClN2O6/c1-11-8-13(21-28-11)10-27-19(24)15-5-3-2-4-14(15)18(23)12-6-7-16(20)17(9-12)22(25)26/h2-9H,10H2,1H3. The third-order valence-electron chi connectivity index (χ3n) is 3.82. The lowest BCUT2D eigenvalue weighted by atomic mass is 9.98. The van der Waals surface area contributed by atoms with Gasteiger partial charge in [-0.3, -0.25) is 14.9 Å². The summed E-state index contributed by atoms with van der Waals surface area (Å²) in [5, 5.41) is 14.7. The largest absolute Gasteiger partial charge is 0.455 e. The van der Waals surface area contributed by atoms with E-state index in [9.17, 15) is 19.7 Å². The number of carbonyl (C=O) groups is 2. The lowest BCUT2D eigenvalue weighted by Crippen LogP contribution is -2.13. The fourth-order valence-electron chi connectivity index (χ4n) is 2.51. The fraction of sp³-hybridized carbons (Fsp3) is 0.105. The Bertz CT molecular complexity index is 1080. The number of carbonyl (C=O) groups excluding carboxylic acids is 2. The topological polar surface area (TPSA) is 113 Å². The zero-order valence-corrected chi connectivity index (χ0v) is 15.3. The molecule has 0 saturated carbocycles. The van der Waals surface area contributed by atoms with Crippen LogP contribution in [0.1, 0.15) is 37.7 Å². The van der Waals surface area contributed by atoms with E-state index in [1.807, 2.05) is 0 Å². The van der Waals surface area contributed by atoms with Gasteiger partial charge in [-0.2, -0.15) is 0 Å². The van der Waals surface area contributed by atoms with Crippen LogP contribution in [-0.4, -0.2) is 21.8 Å². The number of nitro groups is 1. The molecule has 0 amide bonds. The summed E-state index contributed by atoms with van der Waals surface area (Å²) in [5.41, 5.74) is 0.159. The molecule has 0 aliphatic carbocycles. The monoisotopic (exact) mass is 400 g/mol. The lowest BCUT2D eigenvalue weighted by molar-refractivity contribution is -0.384. The number of benzene rings is 2. The maximum Gasteiger partial charge on any atom is 0.339 e. The smallest absolute Gasteiger partial charge is 0.339 e. The van der Waals surface area contributed by atoms with Gasteiger partial charge in [0.15, 0.2) is 5.78 Å². The zero-order chi connectivity index (χ0) is 20.3. The third-order valence-corrected chi connectivity index (χ3v) is 4.14. The van der Waals surface area contributed by atoms with Gasteiger partial charge in [0.05, 0.1) is 10.5 Å². The van der Waals surface area contributed by atoms with Crippen LogP contribution in [-0.2, 0) is 11.3 Å². The van der Waals surface area contributed by atoms with Crippen LogP contribution in [0, 0.1) is 17.0 Å². The number of hydrogen-bond donors (Lipinski definition) is 0. The third kappa shape index (κ3) is 4.07. The van der Waals surface area contributed by atoms with Crippen molar-refractivity contribution in [2.75, 3.05) is 0 Å². The van der Waals surface area contributed by atoms with Gasteiger partial charge in [-0.1, -0.05) is 35.0 Å². The fourth-order valence-corrected chi connectivity index (χ4v) is 2.70. The van der Waals surface area contributed by atoms with Gasteiger partial charge in [0.2, 0.25) is 0 Å². The van der Waals surface area contributed by atoms with E-state index >= 15 is 0 Å². The van der Waals surface area contributed by atoms with E-state index in [-0.39, 0.29) is 28.3 Å². The number of nitrogens with zero attached hydrogens (tertiary/aromatic N) is 2. The Morgan fingerprint density at radius 3 is 2.54 bits per heavy atom. The number of halogens is 1. The van der Waals surface area contributed by atoms with Crippen LogP contribution >= 0.6 is 11.6 Å². The van der Waals surface area contributed by atoms with Gasteiger partial charge < -0.3 is 9.26 Å². The molecule has 0 fully saturated rings. The van der Waals surface area contributed by atoms with Crippen molar-refractivity contribution in [1.82, 2.24) is 5.16 Å². The first kappa shape index (κ1) is 19.2. The van der Waals surface area contributed by atoms with E-state index in [0.29, 0.717) is 11.5 Å². The molecule has 2 aromatic carbocycles. The molecule has 0 unspecified atom stereocenters. The van der Waals surface area contributed by atoms with Gasteiger partial charge in [0.1, 0.15) is 23.1 Å². The van der Waals surface area contributed by atoms with Gasteiger partial charge >= 0.3 is 5.97 Å². The van der Waals surface area contributed by atoms with Gasteiger partial charge in [0, 0.05) is 23.3 Å². The normalized spacial score (nSPS) is 10.5. The van der Waals surface area contributed by atoms with E-state index in [0.717, 1.165) is 6.07 Å². The average Bonchev–Trinajstić information content (AvgIpc) is 3.11. The molecule has 8 nitrogen and oxygen atoms in total. The number of aromatic nitrogens is 1. The highest BCUT2D eigenvalue weighted by Crippen LogP contribution is 2.27. The Morgan fingerprint density at radius 2 is 1.89 bits per heavy atom. The molecule has 9 heteroatoms. The van der Waals surface area contributed by atoms with E-state index in [1.165, 1.54) is 24.3 Å². The number of ketones is 1. The van der Waals surface area contributed by atoms with Gasteiger partial charge in [-0.25, -0.2) is 4.79 Å². The summed E-state index contributed by atoms with van der Waals surface area (Å²) in [6, 6.07) is 11.4. The Labute approximate surface area is 163 Å². The van der Waals surface area contributed by atoms with E-state index in [4.69, 9.17) is 20.9 Å². The molecule has 0 bridgehead atoms. The summed E-state index contributed by atoms with van der Waals surface area (Å²) >= 11 is 5.78. The van der Waals surface area contributed by atoms with Gasteiger partial charge in [-0.15, -0.1) is 0 Å². The van der Waals surface area contributed by atoms with Crippen LogP contribution in [0.4, 0.5) is 5.69 Å². The Hall–Kier alpha value is -3.52. The van der Waals surface area contributed by atoms with Crippen LogP contribution < -0.4 is 0 Å². The van der Waals surface area contributed by atoms with Crippen LogP contribution in [0.5, 0.6) is 0 Å². The molecule has 28 heavy (non-hydrogen) atoms. The second-order valence-electron chi connectivity index (χ2n) is 5.80. The molecule has 142 valence electrons. The van der Waals surface area contributed by atoms with Crippen LogP contribution in [0.15, 0.2) is 53.1 Å². The molecule has 3 aromatic rings. The Morgan fingerprint density at radius 1 is 1.18 bits per heavy atom. The van der Waals surface area contributed by atoms with Crippen LogP contribution in [0.2, 0.25) is 5.02 Å². The van der Waals surface area contributed by atoms with Crippen molar-refractivity contribution in [2.45, 2.75) is 13.5 Å². The number of hydrogen-bond acceptors (Lipinski definition) is 7. The first-order chi connectivity index (χ1) is 13.4. The predicted molar refractivity (Wildman–Crippen MR) is 98.3 cm³/mol. The first-order valence-electron chi connectivity index (χ1n) is 8.04. The van der Waals surface area contributed by atoms with Crippen molar-refractivity contribution in [1.29, 1.82) is 0 Å². The quantitative estimate of drug-likeness (QED) is 0.264. The van der Waals surface area contributed by atoms with Gasteiger partial charge in [-0.05, 0) is 25.1 Å². The summed E-state index contributed by atoms with van der Waals surface area (Å²) in [7, 11) is 0. The molecule has 0 aliphatic heterocycles. The average molecular weight is 401 g/mol. The van der Waals surface area contributed by atoms with Gasteiger partial charge in [0.25, 0.3) is 5.69 Å². The van der Waals surface area contributed by atoms with Crippen molar-refractivity contribution in [2.24, 2.45) is 0 Å². The number of aryl methyl sites for hydroxylation is 1. The predicted octanol–water partition coefficient (Wildman–Crippen LogP) is 4.13. The minimum absolute atomic E-state index is 0.0310. The summed E-state index contributed by atoms with van der Waals surface area (Å²) in [4.78, 5) is 35.7. The van der Waals surface area contributed by atoms with Crippen molar-refractivity contribution in [3.63, 3.8) is 0 Å². The minimum Gasteiger partial charge on any atom is -0.455 e. The highest BCUT2D eigenvalue weighted by atomic mass is 35.5. The number of esters is 1. The second kappa shape index (κ2) is 8.01. The lowest BCUT2D eigenvalue weighted by Gasteiger charge is -2.08. The van der Waals surface area contributed by atoms with Crippen molar-refractivity contribution < 1.29 is 23.8 Å². The number of ether oxygens (including phenoxy) is 1. The highest BCUT2D eigenvalue weighted by Gasteiger charge is 2.22. The maximum atomic E-state index is 12.8. The minimum atomic E-state index is -0.729. The van der Waals surface area contributed by atoms with Crippen molar-refractivity contribution in [3.8, 4) is 0 Å². The molecule has 0 saturated heterocycles. The first-order valence-corrected chi connectivity index (χ1v) is 8.41. The summed E-state index contributed by atoms with van der Waals surface area (Å²) in [5.74, 6) is -0.719. The molecule has 0 aliphatic rings. The molecule has 0 spiro atoms. The van der Waals surface area contributed by atoms with E-state index in [1.54, 1.807) is 25.1 Å². The van der Waals surface area contributed by atoms with E-state index < -0.39 is 22.4 Å². The van der Waals surface area contributed by atoms with E-state index in [2.05, 4.69) is 5.16 Å². The summed E-state index contributed by atoms with van der Waals surface area (Å²) in [6.45, 7) is 1.59. The van der Waals surface area contributed by atoms with Crippen molar-refractivity contribution >= 4 is 29.0 Å².